The van der Waals surface area contributed by atoms with Gasteiger partial charge in [-0.3, -0.25) is 4.79 Å². The fourth-order valence-corrected chi connectivity index (χ4v) is 3.13. The van der Waals surface area contributed by atoms with Crippen molar-refractivity contribution in [3.05, 3.63) is 33.8 Å². The molecule has 0 aliphatic carbocycles. The topological polar surface area (TPSA) is 20.3 Å². The average molecular weight is 324 g/mol. The van der Waals surface area contributed by atoms with E-state index in [2.05, 4.69) is 29.8 Å². The Hall–Kier alpha value is -0.830. The zero-order valence-electron chi connectivity index (χ0n) is 11.9. The SMILES string of the molecule is Cc1ccc(Br)cc1C(=O)N1CCC(C(C)C)CC1. The first kappa shape index (κ1) is 14.6. The van der Waals surface area contributed by atoms with Crippen LogP contribution in [0.15, 0.2) is 22.7 Å². The fraction of sp³-hybridized carbons (Fsp3) is 0.562. The lowest BCUT2D eigenvalue weighted by molar-refractivity contribution is 0.0667. The average Bonchev–Trinajstić information content (AvgIpc) is 2.41. The number of nitrogens with zero attached hydrogens (tertiary/aromatic N) is 1. The van der Waals surface area contributed by atoms with Gasteiger partial charge in [-0.15, -0.1) is 0 Å². The number of amides is 1. The molecule has 1 heterocycles. The van der Waals surface area contributed by atoms with Gasteiger partial charge in [-0.1, -0.05) is 35.8 Å². The minimum absolute atomic E-state index is 0.181. The Balaban J connectivity index is 2.07. The number of hydrogen-bond acceptors (Lipinski definition) is 1. The van der Waals surface area contributed by atoms with Crippen molar-refractivity contribution in [1.29, 1.82) is 0 Å². The van der Waals surface area contributed by atoms with E-state index in [-0.39, 0.29) is 5.91 Å². The van der Waals surface area contributed by atoms with Crippen LogP contribution in [0, 0.1) is 18.8 Å². The van der Waals surface area contributed by atoms with Crippen molar-refractivity contribution in [2.45, 2.75) is 33.6 Å². The lowest BCUT2D eigenvalue weighted by Crippen LogP contribution is -2.39. The van der Waals surface area contributed by atoms with Crippen molar-refractivity contribution in [2.75, 3.05) is 13.1 Å². The van der Waals surface area contributed by atoms with Crippen molar-refractivity contribution in [3.63, 3.8) is 0 Å². The molecule has 1 aliphatic rings. The molecule has 0 bridgehead atoms. The van der Waals surface area contributed by atoms with E-state index < -0.39 is 0 Å². The maximum atomic E-state index is 12.6. The predicted molar refractivity (Wildman–Crippen MR) is 82.3 cm³/mol. The molecule has 1 aromatic rings. The molecule has 0 spiro atoms. The third-order valence-electron chi connectivity index (χ3n) is 4.20. The molecule has 1 amide bonds. The van der Waals surface area contributed by atoms with Gasteiger partial charge in [-0.25, -0.2) is 0 Å². The van der Waals surface area contributed by atoms with Gasteiger partial charge < -0.3 is 4.90 Å². The summed E-state index contributed by atoms with van der Waals surface area (Å²) in [6.45, 7) is 8.35. The number of likely N-dealkylation sites (tertiary alicyclic amines) is 1. The summed E-state index contributed by atoms with van der Waals surface area (Å²) in [7, 11) is 0. The smallest absolute Gasteiger partial charge is 0.254 e. The number of carbonyl (C=O) groups is 1. The molecule has 2 nitrogen and oxygen atoms in total. The third-order valence-corrected chi connectivity index (χ3v) is 4.69. The number of halogens is 1. The first-order valence-electron chi connectivity index (χ1n) is 7.04. The lowest BCUT2D eigenvalue weighted by Gasteiger charge is -2.34. The Morgan fingerprint density at radius 1 is 1.32 bits per heavy atom. The molecule has 0 radical (unpaired) electrons. The van der Waals surface area contributed by atoms with Crippen LogP contribution in [0.1, 0.15) is 42.6 Å². The molecule has 1 aliphatic heterocycles. The van der Waals surface area contributed by atoms with Crippen LogP contribution in [0.2, 0.25) is 0 Å². The summed E-state index contributed by atoms with van der Waals surface area (Å²) in [5, 5.41) is 0. The summed E-state index contributed by atoms with van der Waals surface area (Å²) in [6.07, 6.45) is 2.27. The van der Waals surface area contributed by atoms with Gasteiger partial charge in [0.2, 0.25) is 0 Å². The fourth-order valence-electron chi connectivity index (χ4n) is 2.76. The molecule has 0 N–H and O–H groups in total. The molecular formula is C16H22BrNO. The van der Waals surface area contributed by atoms with Crippen LogP contribution in [0.5, 0.6) is 0 Å². The summed E-state index contributed by atoms with van der Waals surface area (Å²) in [6, 6.07) is 5.92. The van der Waals surface area contributed by atoms with Crippen LogP contribution < -0.4 is 0 Å². The second kappa shape index (κ2) is 6.08. The highest BCUT2D eigenvalue weighted by atomic mass is 79.9. The van der Waals surface area contributed by atoms with E-state index in [1.807, 2.05) is 30.0 Å². The number of aryl methyl sites for hydroxylation is 1. The number of rotatable bonds is 2. The molecule has 3 heteroatoms. The first-order chi connectivity index (χ1) is 8.99. The van der Waals surface area contributed by atoms with Crippen LogP contribution in [0.25, 0.3) is 0 Å². The maximum Gasteiger partial charge on any atom is 0.254 e. The molecule has 1 aromatic carbocycles. The number of benzene rings is 1. The van der Waals surface area contributed by atoms with Gasteiger partial charge in [0.05, 0.1) is 0 Å². The van der Waals surface area contributed by atoms with Gasteiger partial charge in [-0.05, 0) is 49.3 Å². The van der Waals surface area contributed by atoms with Gasteiger partial charge in [0.25, 0.3) is 5.91 Å². The number of piperidine rings is 1. The Labute approximate surface area is 124 Å². The van der Waals surface area contributed by atoms with E-state index in [1.54, 1.807) is 0 Å². The van der Waals surface area contributed by atoms with Crippen LogP contribution >= 0.6 is 15.9 Å². The Morgan fingerprint density at radius 3 is 2.53 bits per heavy atom. The molecular weight excluding hydrogens is 302 g/mol. The van der Waals surface area contributed by atoms with Crippen molar-refractivity contribution < 1.29 is 4.79 Å². The maximum absolute atomic E-state index is 12.6. The van der Waals surface area contributed by atoms with E-state index in [1.165, 1.54) is 0 Å². The Morgan fingerprint density at radius 2 is 1.95 bits per heavy atom. The van der Waals surface area contributed by atoms with E-state index >= 15 is 0 Å². The third kappa shape index (κ3) is 3.38. The molecule has 0 atom stereocenters. The summed E-state index contributed by atoms with van der Waals surface area (Å²) >= 11 is 3.45. The molecule has 104 valence electrons. The summed E-state index contributed by atoms with van der Waals surface area (Å²) in [4.78, 5) is 14.6. The first-order valence-corrected chi connectivity index (χ1v) is 7.83. The minimum atomic E-state index is 0.181. The van der Waals surface area contributed by atoms with E-state index in [9.17, 15) is 4.79 Å². The highest BCUT2D eigenvalue weighted by Crippen LogP contribution is 2.26. The van der Waals surface area contributed by atoms with Gasteiger partial charge >= 0.3 is 0 Å². The summed E-state index contributed by atoms with van der Waals surface area (Å²) in [5.41, 5.74) is 1.89. The lowest BCUT2D eigenvalue weighted by atomic mass is 9.86. The van der Waals surface area contributed by atoms with Crippen LogP contribution in [-0.2, 0) is 0 Å². The monoisotopic (exact) mass is 323 g/mol. The highest BCUT2D eigenvalue weighted by molar-refractivity contribution is 9.10. The Bertz CT molecular complexity index is 462. The number of hydrogen-bond donors (Lipinski definition) is 0. The molecule has 0 saturated carbocycles. The molecule has 1 saturated heterocycles. The van der Waals surface area contributed by atoms with Crippen LogP contribution in [0.3, 0.4) is 0 Å². The largest absolute Gasteiger partial charge is 0.339 e. The normalized spacial score (nSPS) is 17.0. The van der Waals surface area contributed by atoms with Crippen molar-refractivity contribution >= 4 is 21.8 Å². The molecule has 2 rings (SSSR count). The second-order valence-electron chi connectivity index (χ2n) is 5.83. The second-order valence-corrected chi connectivity index (χ2v) is 6.75. The summed E-state index contributed by atoms with van der Waals surface area (Å²) in [5.74, 6) is 1.68. The van der Waals surface area contributed by atoms with Crippen LogP contribution in [-0.4, -0.2) is 23.9 Å². The zero-order valence-corrected chi connectivity index (χ0v) is 13.5. The van der Waals surface area contributed by atoms with Crippen molar-refractivity contribution in [1.82, 2.24) is 4.90 Å². The quantitative estimate of drug-likeness (QED) is 0.796. The van der Waals surface area contributed by atoms with Gasteiger partial charge in [-0.2, -0.15) is 0 Å². The zero-order chi connectivity index (χ0) is 14.0. The highest BCUT2D eigenvalue weighted by Gasteiger charge is 2.25. The summed E-state index contributed by atoms with van der Waals surface area (Å²) < 4.78 is 0.971. The molecule has 0 unspecified atom stereocenters. The van der Waals surface area contributed by atoms with Gasteiger partial charge in [0.1, 0.15) is 0 Å². The van der Waals surface area contributed by atoms with Crippen molar-refractivity contribution in [2.24, 2.45) is 11.8 Å². The molecule has 19 heavy (non-hydrogen) atoms. The van der Waals surface area contributed by atoms with E-state index in [0.717, 1.165) is 53.4 Å². The van der Waals surface area contributed by atoms with Crippen LogP contribution in [0.4, 0.5) is 0 Å². The minimum Gasteiger partial charge on any atom is -0.339 e. The standard InChI is InChI=1S/C16H22BrNO/c1-11(2)13-6-8-18(9-7-13)16(19)15-10-14(17)5-4-12(15)3/h4-5,10-11,13H,6-9H2,1-3H3. The van der Waals surface area contributed by atoms with Crippen molar-refractivity contribution in [3.8, 4) is 0 Å². The van der Waals surface area contributed by atoms with E-state index in [4.69, 9.17) is 0 Å². The predicted octanol–water partition coefficient (Wildman–Crippen LogP) is 4.27. The van der Waals surface area contributed by atoms with Gasteiger partial charge in [0, 0.05) is 23.1 Å². The van der Waals surface area contributed by atoms with E-state index in [0.29, 0.717) is 0 Å². The number of carbonyl (C=O) groups excluding carboxylic acids is 1. The Kier molecular flexibility index (Phi) is 4.67. The van der Waals surface area contributed by atoms with Gasteiger partial charge in [0.15, 0.2) is 0 Å². The molecule has 1 fully saturated rings. The molecule has 0 aromatic heterocycles.